The van der Waals surface area contributed by atoms with Crippen LogP contribution in [0.15, 0.2) is 24.3 Å². The molecule has 0 radical (unpaired) electrons. The van der Waals surface area contributed by atoms with Crippen molar-refractivity contribution in [2.45, 2.75) is 45.1 Å². The van der Waals surface area contributed by atoms with Gasteiger partial charge in [0.05, 0.1) is 15.2 Å². The number of benzene rings is 1. The van der Waals surface area contributed by atoms with E-state index in [4.69, 9.17) is 0 Å². The van der Waals surface area contributed by atoms with Gasteiger partial charge in [-0.15, -0.1) is 11.3 Å². The summed E-state index contributed by atoms with van der Waals surface area (Å²) in [5.41, 5.74) is 1.09. The number of carbonyl (C=O) groups excluding carboxylic acids is 1. The molecule has 2 heterocycles. The predicted molar refractivity (Wildman–Crippen MR) is 95.8 cm³/mol. The molecule has 0 spiro atoms. The summed E-state index contributed by atoms with van der Waals surface area (Å²) in [6, 6.07) is 8.59. The lowest BCUT2D eigenvalue weighted by atomic mass is 9.95. The summed E-state index contributed by atoms with van der Waals surface area (Å²) in [4.78, 5) is 16.7. The molecule has 1 amide bonds. The molecule has 0 aliphatic carbocycles. The molecule has 1 aromatic carbocycles. The highest BCUT2D eigenvalue weighted by atomic mass is 32.1. The van der Waals surface area contributed by atoms with Crippen LogP contribution in [0.25, 0.3) is 10.2 Å². The zero-order chi connectivity index (χ0) is 16.1. The van der Waals surface area contributed by atoms with Crippen molar-refractivity contribution in [2.75, 3.05) is 13.1 Å². The molecule has 1 fully saturated rings. The lowest BCUT2D eigenvalue weighted by Crippen LogP contribution is -2.48. The number of amides is 1. The fourth-order valence-corrected chi connectivity index (χ4v) is 4.11. The number of rotatable bonds is 6. The summed E-state index contributed by atoms with van der Waals surface area (Å²) < 4.78 is 1.25. The zero-order valence-electron chi connectivity index (χ0n) is 13.7. The molecule has 124 valence electrons. The summed E-state index contributed by atoms with van der Waals surface area (Å²) in [6.45, 7) is 4.21. The van der Waals surface area contributed by atoms with E-state index < -0.39 is 0 Å². The number of hydrogen-bond acceptors (Lipinski definition) is 4. The number of para-hydroxylation sites is 1. The van der Waals surface area contributed by atoms with Gasteiger partial charge in [-0.25, -0.2) is 4.98 Å². The minimum Gasteiger partial charge on any atom is -0.353 e. The minimum atomic E-state index is 0.202. The molecular weight excluding hydrogens is 306 g/mol. The second kappa shape index (κ2) is 7.88. The van der Waals surface area contributed by atoms with Gasteiger partial charge >= 0.3 is 0 Å². The van der Waals surface area contributed by atoms with E-state index in [0.29, 0.717) is 18.4 Å². The summed E-state index contributed by atoms with van der Waals surface area (Å²) in [5.74, 6) is 0.725. The number of nitrogens with zero attached hydrogens (tertiary/aromatic N) is 1. The van der Waals surface area contributed by atoms with E-state index in [-0.39, 0.29) is 5.91 Å². The smallest absolute Gasteiger partial charge is 0.220 e. The third-order valence-corrected chi connectivity index (χ3v) is 5.61. The van der Waals surface area contributed by atoms with Gasteiger partial charge in [-0.3, -0.25) is 4.79 Å². The fourth-order valence-electron chi connectivity index (χ4n) is 3.10. The largest absolute Gasteiger partial charge is 0.353 e. The Morgan fingerprint density at radius 2 is 2.26 bits per heavy atom. The third-order valence-electron chi connectivity index (χ3n) is 4.51. The highest BCUT2D eigenvalue weighted by molar-refractivity contribution is 7.18. The summed E-state index contributed by atoms with van der Waals surface area (Å²) in [7, 11) is 0. The number of fused-ring (bicyclic) bond motifs is 1. The molecule has 2 atom stereocenters. The summed E-state index contributed by atoms with van der Waals surface area (Å²) >= 11 is 1.77. The number of aryl methyl sites for hydroxylation is 1. The van der Waals surface area contributed by atoms with Crippen LogP contribution < -0.4 is 10.6 Å². The van der Waals surface area contributed by atoms with Crippen LogP contribution >= 0.6 is 11.3 Å². The van der Waals surface area contributed by atoms with Crippen LogP contribution in [-0.4, -0.2) is 30.0 Å². The van der Waals surface area contributed by atoms with Gasteiger partial charge in [0.2, 0.25) is 5.91 Å². The van der Waals surface area contributed by atoms with Gasteiger partial charge in [-0.05, 0) is 56.8 Å². The van der Waals surface area contributed by atoms with E-state index in [1.165, 1.54) is 9.71 Å². The van der Waals surface area contributed by atoms with Crippen LogP contribution in [0, 0.1) is 5.92 Å². The van der Waals surface area contributed by atoms with Gasteiger partial charge in [-0.1, -0.05) is 19.1 Å². The molecule has 2 aromatic rings. The zero-order valence-corrected chi connectivity index (χ0v) is 14.5. The molecule has 1 aliphatic heterocycles. The second-order valence-corrected chi connectivity index (χ2v) is 7.54. The van der Waals surface area contributed by atoms with Crippen molar-refractivity contribution >= 4 is 27.5 Å². The van der Waals surface area contributed by atoms with E-state index in [1.807, 2.05) is 6.07 Å². The first-order chi connectivity index (χ1) is 11.2. The van der Waals surface area contributed by atoms with Crippen LogP contribution in [-0.2, 0) is 11.2 Å². The van der Waals surface area contributed by atoms with E-state index in [1.54, 1.807) is 11.3 Å². The molecule has 3 rings (SSSR count). The lowest BCUT2D eigenvalue weighted by Gasteiger charge is -2.30. The normalized spacial score (nSPS) is 21.4. The molecular formula is C18H25N3OS. The Balaban J connectivity index is 1.38. The Morgan fingerprint density at radius 3 is 3.09 bits per heavy atom. The summed E-state index contributed by atoms with van der Waals surface area (Å²) in [6.07, 6.45) is 4.59. The highest BCUT2D eigenvalue weighted by Gasteiger charge is 2.22. The van der Waals surface area contributed by atoms with Gasteiger partial charge in [0.25, 0.3) is 0 Å². The number of aromatic nitrogens is 1. The Morgan fingerprint density at radius 1 is 1.39 bits per heavy atom. The molecule has 0 saturated carbocycles. The van der Waals surface area contributed by atoms with Gasteiger partial charge < -0.3 is 10.6 Å². The number of piperidine rings is 1. The molecule has 1 aliphatic rings. The first-order valence-electron chi connectivity index (χ1n) is 8.57. The standard InChI is InChI=1S/C18H25N3OS/c1-13-12-19-11-10-14(13)20-17(22)8-4-5-9-18-21-15-6-2-3-7-16(15)23-18/h2-3,6-7,13-14,19H,4-5,8-12H2,1H3,(H,20,22). The average molecular weight is 331 g/mol. The van der Waals surface area contributed by atoms with Crippen LogP contribution in [0.4, 0.5) is 0 Å². The van der Waals surface area contributed by atoms with E-state index in [0.717, 1.165) is 44.3 Å². The van der Waals surface area contributed by atoms with Gasteiger partial charge in [-0.2, -0.15) is 0 Å². The molecule has 2 N–H and O–H groups in total. The molecule has 2 unspecified atom stereocenters. The maximum Gasteiger partial charge on any atom is 0.220 e. The molecule has 1 saturated heterocycles. The first-order valence-corrected chi connectivity index (χ1v) is 9.38. The Hall–Kier alpha value is -1.46. The second-order valence-electron chi connectivity index (χ2n) is 6.43. The predicted octanol–water partition coefficient (Wildman–Crippen LogP) is 3.12. The topological polar surface area (TPSA) is 54.0 Å². The maximum atomic E-state index is 12.1. The molecule has 4 nitrogen and oxygen atoms in total. The van der Waals surface area contributed by atoms with Crippen molar-refractivity contribution in [2.24, 2.45) is 5.92 Å². The Labute approximate surface area is 141 Å². The third kappa shape index (κ3) is 4.52. The highest BCUT2D eigenvalue weighted by Crippen LogP contribution is 2.22. The van der Waals surface area contributed by atoms with Crippen LogP contribution in [0.1, 0.15) is 37.6 Å². The van der Waals surface area contributed by atoms with Gasteiger partial charge in [0, 0.05) is 12.5 Å². The quantitative estimate of drug-likeness (QED) is 0.800. The molecule has 23 heavy (non-hydrogen) atoms. The van der Waals surface area contributed by atoms with Gasteiger partial charge in [0.15, 0.2) is 0 Å². The molecule has 1 aromatic heterocycles. The van der Waals surface area contributed by atoms with E-state index >= 15 is 0 Å². The molecule has 0 bridgehead atoms. The first kappa shape index (κ1) is 16.4. The fraction of sp³-hybridized carbons (Fsp3) is 0.556. The van der Waals surface area contributed by atoms with Crippen LogP contribution in [0.5, 0.6) is 0 Å². The van der Waals surface area contributed by atoms with Crippen LogP contribution in [0.3, 0.4) is 0 Å². The van der Waals surface area contributed by atoms with Crippen LogP contribution in [0.2, 0.25) is 0 Å². The van der Waals surface area contributed by atoms with Crippen molar-refractivity contribution in [3.8, 4) is 0 Å². The number of nitrogens with one attached hydrogen (secondary N) is 2. The van der Waals surface area contributed by atoms with E-state index in [2.05, 4.69) is 40.7 Å². The van der Waals surface area contributed by atoms with Crippen molar-refractivity contribution in [1.82, 2.24) is 15.6 Å². The van der Waals surface area contributed by atoms with Crippen molar-refractivity contribution < 1.29 is 4.79 Å². The number of carbonyl (C=O) groups is 1. The van der Waals surface area contributed by atoms with Gasteiger partial charge in [0.1, 0.15) is 0 Å². The number of thiazole rings is 1. The Kier molecular flexibility index (Phi) is 5.62. The number of unbranched alkanes of at least 4 members (excludes halogenated alkanes) is 1. The Bertz CT molecular complexity index is 622. The number of hydrogen-bond donors (Lipinski definition) is 2. The van der Waals surface area contributed by atoms with Crippen molar-refractivity contribution in [3.05, 3.63) is 29.3 Å². The van der Waals surface area contributed by atoms with Crippen molar-refractivity contribution in [1.29, 1.82) is 0 Å². The maximum absolute atomic E-state index is 12.1. The van der Waals surface area contributed by atoms with Crippen molar-refractivity contribution in [3.63, 3.8) is 0 Å². The minimum absolute atomic E-state index is 0.202. The summed E-state index contributed by atoms with van der Waals surface area (Å²) in [5, 5.41) is 7.74. The SMILES string of the molecule is CC1CNCCC1NC(=O)CCCCc1nc2ccccc2s1. The van der Waals surface area contributed by atoms with E-state index in [9.17, 15) is 4.79 Å². The monoisotopic (exact) mass is 331 g/mol. The average Bonchev–Trinajstić information content (AvgIpc) is 2.96. The molecule has 5 heteroatoms. The lowest BCUT2D eigenvalue weighted by molar-refractivity contribution is -0.122.